The van der Waals surface area contributed by atoms with E-state index in [0.29, 0.717) is 6.61 Å². The maximum atomic E-state index is 5.58. The highest BCUT2D eigenvalue weighted by Crippen LogP contribution is 2.20. The fourth-order valence-electron chi connectivity index (χ4n) is 1.54. The SMILES string of the molecule is CCCOCC(NCC)c1c(Br)nnn1C. The summed E-state index contributed by atoms with van der Waals surface area (Å²) in [5, 5.41) is 11.3. The number of nitrogens with zero attached hydrogens (tertiary/aromatic N) is 3. The zero-order valence-corrected chi connectivity index (χ0v) is 11.6. The first kappa shape index (κ1) is 13.6. The molecule has 1 rings (SSSR count). The lowest BCUT2D eigenvalue weighted by Crippen LogP contribution is -2.27. The van der Waals surface area contributed by atoms with Crippen LogP contribution < -0.4 is 5.32 Å². The second kappa shape index (κ2) is 6.98. The summed E-state index contributed by atoms with van der Waals surface area (Å²) in [5.74, 6) is 0. The van der Waals surface area contributed by atoms with Gasteiger partial charge in [0.05, 0.1) is 18.3 Å². The van der Waals surface area contributed by atoms with Crippen LogP contribution >= 0.6 is 15.9 Å². The molecule has 0 saturated carbocycles. The molecule has 1 aromatic rings. The summed E-state index contributed by atoms with van der Waals surface area (Å²) in [6.07, 6.45) is 1.03. The van der Waals surface area contributed by atoms with E-state index in [0.717, 1.165) is 29.9 Å². The second-order valence-corrected chi connectivity index (χ2v) is 4.33. The molecule has 0 radical (unpaired) electrons. The molecular weight excluding hydrogens is 272 g/mol. The molecule has 0 spiro atoms. The third-order valence-corrected chi connectivity index (χ3v) is 2.81. The Morgan fingerprint density at radius 3 is 2.75 bits per heavy atom. The van der Waals surface area contributed by atoms with Crippen molar-refractivity contribution in [2.45, 2.75) is 26.3 Å². The average Bonchev–Trinajstić information content (AvgIpc) is 2.58. The molecule has 0 fully saturated rings. The second-order valence-electron chi connectivity index (χ2n) is 3.57. The van der Waals surface area contributed by atoms with E-state index < -0.39 is 0 Å². The van der Waals surface area contributed by atoms with E-state index in [-0.39, 0.29) is 6.04 Å². The lowest BCUT2D eigenvalue weighted by Gasteiger charge is -2.18. The number of hydrogen-bond donors (Lipinski definition) is 1. The standard InChI is InChI=1S/C10H19BrN4O/c1-4-6-16-7-8(12-5-2)9-10(11)13-14-15(9)3/h8,12H,4-7H2,1-3H3. The van der Waals surface area contributed by atoms with Crippen LogP contribution in [0.15, 0.2) is 4.60 Å². The van der Waals surface area contributed by atoms with Gasteiger partial charge in [0.2, 0.25) is 0 Å². The van der Waals surface area contributed by atoms with Gasteiger partial charge in [-0.15, -0.1) is 5.10 Å². The van der Waals surface area contributed by atoms with E-state index in [4.69, 9.17) is 4.74 Å². The molecule has 1 aromatic heterocycles. The van der Waals surface area contributed by atoms with Gasteiger partial charge in [0.1, 0.15) is 0 Å². The van der Waals surface area contributed by atoms with Crippen LogP contribution in [0.1, 0.15) is 32.0 Å². The van der Waals surface area contributed by atoms with Crippen molar-refractivity contribution < 1.29 is 4.74 Å². The van der Waals surface area contributed by atoms with Crippen molar-refractivity contribution in [3.05, 3.63) is 10.3 Å². The van der Waals surface area contributed by atoms with E-state index in [9.17, 15) is 0 Å². The van der Waals surface area contributed by atoms with E-state index in [1.165, 1.54) is 0 Å². The van der Waals surface area contributed by atoms with E-state index >= 15 is 0 Å². The van der Waals surface area contributed by atoms with Crippen molar-refractivity contribution in [2.24, 2.45) is 7.05 Å². The van der Waals surface area contributed by atoms with Gasteiger partial charge in [0, 0.05) is 13.7 Å². The summed E-state index contributed by atoms with van der Waals surface area (Å²) in [5.41, 5.74) is 1.03. The lowest BCUT2D eigenvalue weighted by molar-refractivity contribution is 0.110. The Balaban J connectivity index is 2.68. The third kappa shape index (κ3) is 3.54. The van der Waals surface area contributed by atoms with Gasteiger partial charge in [0.25, 0.3) is 0 Å². The van der Waals surface area contributed by atoms with Crippen molar-refractivity contribution in [1.82, 2.24) is 20.3 Å². The number of hydrogen-bond acceptors (Lipinski definition) is 4. The predicted octanol–water partition coefficient (Wildman–Crippen LogP) is 1.65. The third-order valence-electron chi connectivity index (χ3n) is 2.24. The highest BCUT2D eigenvalue weighted by Gasteiger charge is 2.19. The lowest BCUT2D eigenvalue weighted by atomic mass is 10.2. The Morgan fingerprint density at radius 2 is 2.25 bits per heavy atom. The smallest absolute Gasteiger partial charge is 0.153 e. The van der Waals surface area contributed by atoms with Crippen molar-refractivity contribution in [2.75, 3.05) is 19.8 Å². The average molecular weight is 291 g/mol. The van der Waals surface area contributed by atoms with Gasteiger partial charge >= 0.3 is 0 Å². The molecule has 0 amide bonds. The zero-order chi connectivity index (χ0) is 12.0. The molecule has 0 aliphatic rings. The van der Waals surface area contributed by atoms with Gasteiger partial charge in [-0.05, 0) is 28.9 Å². The molecule has 5 nitrogen and oxygen atoms in total. The Morgan fingerprint density at radius 1 is 1.50 bits per heavy atom. The van der Waals surface area contributed by atoms with Crippen molar-refractivity contribution in [3.8, 4) is 0 Å². The van der Waals surface area contributed by atoms with E-state index in [2.05, 4.69) is 45.4 Å². The Labute approximate surface area is 105 Å². The van der Waals surface area contributed by atoms with Crippen LogP contribution in [0, 0.1) is 0 Å². The van der Waals surface area contributed by atoms with Crippen LogP contribution in [0.3, 0.4) is 0 Å². The Kier molecular flexibility index (Phi) is 5.94. The molecule has 16 heavy (non-hydrogen) atoms. The minimum atomic E-state index is 0.130. The topological polar surface area (TPSA) is 52.0 Å². The van der Waals surface area contributed by atoms with Crippen LogP contribution in [-0.2, 0) is 11.8 Å². The predicted molar refractivity (Wildman–Crippen MR) is 66.2 cm³/mol. The minimum absolute atomic E-state index is 0.130. The van der Waals surface area contributed by atoms with E-state index in [1.54, 1.807) is 4.68 Å². The summed E-state index contributed by atoms with van der Waals surface area (Å²) in [6.45, 7) is 6.48. The first-order chi connectivity index (χ1) is 7.70. The largest absolute Gasteiger partial charge is 0.379 e. The molecule has 0 aliphatic heterocycles. The molecule has 0 bridgehead atoms. The molecule has 1 unspecified atom stereocenters. The fourth-order valence-corrected chi connectivity index (χ4v) is 2.14. The summed E-state index contributed by atoms with van der Waals surface area (Å²) < 4.78 is 8.13. The highest BCUT2D eigenvalue weighted by atomic mass is 79.9. The number of nitrogens with one attached hydrogen (secondary N) is 1. The van der Waals surface area contributed by atoms with Gasteiger partial charge < -0.3 is 10.1 Å². The molecule has 0 saturated heterocycles. The van der Waals surface area contributed by atoms with E-state index in [1.807, 2.05) is 7.05 Å². The summed E-state index contributed by atoms with van der Waals surface area (Å²) in [4.78, 5) is 0. The molecular formula is C10H19BrN4O. The summed E-state index contributed by atoms with van der Waals surface area (Å²) in [6, 6.07) is 0.130. The molecule has 92 valence electrons. The van der Waals surface area contributed by atoms with Crippen LogP contribution in [-0.4, -0.2) is 34.8 Å². The monoisotopic (exact) mass is 290 g/mol. The summed E-state index contributed by atoms with van der Waals surface area (Å²) in [7, 11) is 1.89. The molecule has 0 aliphatic carbocycles. The first-order valence-corrected chi connectivity index (χ1v) is 6.36. The number of rotatable bonds is 7. The normalized spacial score (nSPS) is 13.0. The van der Waals surface area contributed by atoms with Crippen LogP contribution in [0.2, 0.25) is 0 Å². The number of aromatic nitrogens is 3. The van der Waals surface area contributed by atoms with Gasteiger partial charge in [-0.1, -0.05) is 19.1 Å². The molecule has 1 heterocycles. The number of ether oxygens (including phenoxy) is 1. The molecule has 1 atom stereocenters. The fraction of sp³-hybridized carbons (Fsp3) is 0.800. The Hall–Kier alpha value is -0.460. The summed E-state index contributed by atoms with van der Waals surface area (Å²) >= 11 is 3.41. The van der Waals surface area contributed by atoms with Gasteiger partial charge in [-0.2, -0.15) is 0 Å². The molecule has 1 N–H and O–H groups in total. The molecule has 6 heteroatoms. The van der Waals surface area contributed by atoms with Crippen LogP contribution in [0.4, 0.5) is 0 Å². The highest BCUT2D eigenvalue weighted by molar-refractivity contribution is 9.10. The van der Waals surface area contributed by atoms with Gasteiger partial charge in [-0.25, -0.2) is 4.68 Å². The number of halogens is 1. The van der Waals surface area contributed by atoms with Gasteiger partial charge in [0.15, 0.2) is 4.60 Å². The maximum Gasteiger partial charge on any atom is 0.153 e. The maximum absolute atomic E-state index is 5.58. The number of aryl methyl sites for hydroxylation is 1. The van der Waals surface area contributed by atoms with Crippen molar-refractivity contribution in [1.29, 1.82) is 0 Å². The number of likely N-dealkylation sites (N-methyl/N-ethyl adjacent to an activating group) is 1. The van der Waals surface area contributed by atoms with Crippen LogP contribution in [0.25, 0.3) is 0 Å². The van der Waals surface area contributed by atoms with Crippen molar-refractivity contribution in [3.63, 3.8) is 0 Å². The van der Waals surface area contributed by atoms with Crippen molar-refractivity contribution >= 4 is 15.9 Å². The zero-order valence-electron chi connectivity index (χ0n) is 10.0. The first-order valence-electron chi connectivity index (χ1n) is 5.56. The quantitative estimate of drug-likeness (QED) is 0.776. The Bertz CT molecular complexity index is 296. The minimum Gasteiger partial charge on any atom is -0.379 e. The van der Waals surface area contributed by atoms with Gasteiger partial charge in [-0.3, -0.25) is 0 Å². The molecule has 0 aromatic carbocycles. The van der Waals surface area contributed by atoms with Crippen LogP contribution in [0.5, 0.6) is 0 Å².